The Morgan fingerprint density at radius 2 is 1.89 bits per heavy atom. The second-order valence-electron chi connectivity index (χ2n) is 7.96. The van der Waals surface area contributed by atoms with Gasteiger partial charge in [0.1, 0.15) is 11.4 Å². The van der Waals surface area contributed by atoms with E-state index in [1.54, 1.807) is 7.05 Å². The molecule has 1 N–H and O–H groups in total. The molecule has 0 spiro atoms. The fourth-order valence-corrected chi connectivity index (χ4v) is 5.05. The first-order valence-electron chi connectivity index (χ1n) is 10.4. The standard InChI is InChI=1S/C22H17F3N6O3S/c1-3-35(33,34)17-4-11(13-8-26-9-15-12(13)5-19(32)29-15)7-28-20(17)21-30-14-6-18(22(23,24)25)27-10-16(14)31(21)2/h4,6-10H,3,5H2,1-2H3,(H,29,32). The van der Waals surface area contributed by atoms with Crippen molar-refractivity contribution in [3.8, 4) is 22.6 Å². The Hall–Kier alpha value is -3.87. The van der Waals surface area contributed by atoms with E-state index in [1.165, 1.54) is 36.1 Å². The lowest BCUT2D eigenvalue weighted by Gasteiger charge is -2.12. The van der Waals surface area contributed by atoms with Crippen LogP contribution < -0.4 is 5.32 Å². The van der Waals surface area contributed by atoms with Crippen LogP contribution in [0.4, 0.5) is 18.9 Å². The maximum absolute atomic E-state index is 13.1. The van der Waals surface area contributed by atoms with Crippen LogP contribution in [0.25, 0.3) is 33.7 Å². The first-order chi connectivity index (χ1) is 16.5. The Labute approximate surface area is 197 Å². The van der Waals surface area contributed by atoms with Crippen molar-refractivity contribution in [1.29, 1.82) is 0 Å². The summed E-state index contributed by atoms with van der Waals surface area (Å²) >= 11 is 0. The number of sulfone groups is 1. The second-order valence-corrected chi connectivity index (χ2v) is 10.2. The summed E-state index contributed by atoms with van der Waals surface area (Å²) in [6.45, 7) is 1.48. The van der Waals surface area contributed by atoms with Gasteiger partial charge in [-0.2, -0.15) is 13.2 Å². The molecule has 1 aliphatic rings. The lowest BCUT2D eigenvalue weighted by molar-refractivity contribution is -0.141. The number of aryl methyl sites for hydroxylation is 1. The largest absolute Gasteiger partial charge is 0.433 e. The number of hydrogen-bond donors (Lipinski definition) is 1. The number of rotatable bonds is 4. The van der Waals surface area contributed by atoms with Gasteiger partial charge in [-0.05, 0) is 17.7 Å². The molecule has 0 fully saturated rings. The SMILES string of the molecule is CCS(=O)(=O)c1cc(-c2cncc3c2CC(=O)N3)cnc1-c1nc2cc(C(F)(F)F)ncc2n1C. The average molecular weight is 502 g/mol. The zero-order valence-corrected chi connectivity index (χ0v) is 19.2. The topological polar surface area (TPSA) is 120 Å². The van der Waals surface area contributed by atoms with Crippen LogP contribution in [0.2, 0.25) is 0 Å². The summed E-state index contributed by atoms with van der Waals surface area (Å²) in [4.78, 5) is 28.0. The van der Waals surface area contributed by atoms with Crippen LogP contribution in [-0.4, -0.2) is 44.6 Å². The van der Waals surface area contributed by atoms with E-state index in [0.717, 1.165) is 12.3 Å². The molecule has 5 heterocycles. The highest BCUT2D eigenvalue weighted by Crippen LogP contribution is 2.36. The van der Waals surface area contributed by atoms with Gasteiger partial charge in [-0.25, -0.2) is 18.4 Å². The number of fused-ring (bicyclic) bond motifs is 2. The lowest BCUT2D eigenvalue weighted by atomic mass is 10.0. The van der Waals surface area contributed by atoms with Crippen LogP contribution in [0.1, 0.15) is 18.2 Å². The molecule has 0 saturated carbocycles. The maximum atomic E-state index is 13.1. The van der Waals surface area contributed by atoms with Gasteiger partial charge in [0, 0.05) is 30.6 Å². The normalized spacial score (nSPS) is 13.8. The van der Waals surface area contributed by atoms with E-state index in [1.807, 2.05) is 0 Å². The van der Waals surface area contributed by atoms with E-state index in [9.17, 15) is 26.4 Å². The van der Waals surface area contributed by atoms with Crippen molar-refractivity contribution in [3.63, 3.8) is 0 Å². The van der Waals surface area contributed by atoms with E-state index < -0.39 is 21.7 Å². The van der Waals surface area contributed by atoms with Crippen LogP contribution >= 0.6 is 0 Å². The molecular formula is C22H17F3N6O3S. The number of carbonyl (C=O) groups excluding carboxylic acids is 1. The van der Waals surface area contributed by atoms with Crippen molar-refractivity contribution in [3.05, 3.63) is 48.2 Å². The first kappa shape index (κ1) is 22.9. The van der Waals surface area contributed by atoms with E-state index in [4.69, 9.17) is 0 Å². The number of amides is 1. The molecule has 9 nitrogen and oxygen atoms in total. The first-order valence-corrected chi connectivity index (χ1v) is 12.0. The quantitative estimate of drug-likeness (QED) is 0.454. The highest BCUT2D eigenvalue weighted by molar-refractivity contribution is 7.91. The van der Waals surface area contributed by atoms with E-state index in [2.05, 4.69) is 25.3 Å². The van der Waals surface area contributed by atoms with Gasteiger partial charge in [0.05, 0.1) is 46.2 Å². The Bertz CT molecular complexity index is 1630. The van der Waals surface area contributed by atoms with Gasteiger partial charge in [-0.1, -0.05) is 6.92 Å². The summed E-state index contributed by atoms with van der Waals surface area (Å²) in [5.74, 6) is -0.361. The van der Waals surface area contributed by atoms with Gasteiger partial charge in [-0.15, -0.1) is 0 Å². The minimum atomic E-state index is -4.65. The molecule has 4 aromatic rings. The minimum absolute atomic E-state index is 0.00223. The third-order valence-electron chi connectivity index (χ3n) is 5.82. The fraction of sp³-hybridized carbons (Fsp3) is 0.227. The van der Waals surface area contributed by atoms with Crippen LogP contribution in [0, 0.1) is 0 Å². The highest BCUT2D eigenvalue weighted by atomic mass is 32.2. The molecule has 0 aliphatic carbocycles. The van der Waals surface area contributed by atoms with Crippen LogP contribution in [0.5, 0.6) is 0 Å². The molecule has 1 amide bonds. The molecule has 5 rings (SSSR count). The summed E-state index contributed by atoms with van der Waals surface area (Å²) in [6, 6.07) is 2.24. The van der Waals surface area contributed by atoms with E-state index in [0.29, 0.717) is 22.4 Å². The van der Waals surface area contributed by atoms with Gasteiger partial charge < -0.3 is 9.88 Å². The van der Waals surface area contributed by atoms with Crippen molar-refractivity contribution in [1.82, 2.24) is 24.5 Å². The number of carbonyl (C=O) groups is 1. The number of alkyl halides is 3. The number of anilines is 1. The molecule has 13 heteroatoms. The summed E-state index contributed by atoms with van der Waals surface area (Å²) < 4.78 is 66.9. The molecule has 4 aromatic heterocycles. The monoisotopic (exact) mass is 502 g/mol. The number of nitrogens with one attached hydrogen (secondary N) is 1. The predicted octanol–water partition coefficient (Wildman–Crippen LogP) is 3.40. The van der Waals surface area contributed by atoms with Gasteiger partial charge in [0.2, 0.25) is 5.91 Å². The Balaban J connectivity index is 1.71. The number of imidazole rings is 1. The molecule has 0 unspecified atom stereocenters. The smallest absolute Gasteiger partial charge is 0.324 e. The van der Waals surface area contributed by atoms with Gasteiger partial charge in [0.15, 0.2) is 15.7 Å². The number of aromatic nitrogens is 5. The molecule has 0 radical (unpaired) electrons. The second kappa shape index (κ2) is 7.83. The van der Waals surface area contributed by atoms with E-state index in [-0.39, 0.29) is 45.5 Å². The van der Waals surface area contributed by atoms with Crippen molar-refractivity contribution in [2.45, 2.75) is 24.4 Å². The Morgan fingerprint density at radius 1 is 1.11 bits per heavy atom. The average Bonchev–Trinajstić information content (AvgIpc) is 3.36. The van der Waals surface area contributed by atoms with E-state index >= 15 is 0 Å². The fourth-order valence-electron chi connectivity index (χ4n) is 4.00. The maximum Gasteiger partial charge on any atom is 0.433 e. The molecule has 35 heavy (non-hydrogen) atoms. The van der Waals surface area contributed by atoms with Crippen molar-refractivity contribution >= 4 is 32.5 Å². The number of nitrogens with zero attached hydrogens (tertiary/aromatic N) is 5. The summed E-state index contributed by atoms with van der Waals surface area (Å²) in [7, 11) is -2.29. The van der Waals surface area contributed by atoms with Crippen LogP contribution in [-0.2, 0) is 34.3 Å². The molecule has 180 valence electrons. The van der Waals surface area contributed by atoms with Crippen LogP contribution in [0.3, 0.4) is 0 Å². The van der Waals surface area contributed by atoms with Crippen LogP contribution in [0.15, 0.2) is 41.8 Å². The highest BCUT2D eigenvalue weighted by Gasteiger charge is 2.33. The third-order valence-corrected chi connectivity index (χ3v) is 7.56. The molecule has 0 atom stereocenters. The molecule has 0 bridgehead atoms. The zero-order chi connectivity index (χ0) is 25.1. The van der Waals surface area contributed by atoms with Crippen molar-refractivity contribution < 1.29 is 26.4 Å². The summed E-state index contributed by atoms with van der Waals surface area (Å²) in [5, 5.41) is 2.70. The van der Waals surface area contributed by atoms with Gasteiger partial charge in [-0.3, -0.25) is 14.8 Å². The van der Waals surface area contributed by atoms with Gasteiger partial charge >= 0.3 is 6.18 Å². The summed E-state index contributed by atoms with van der Waals surface area (Å²) in [6.07, 6.45) is 0.977. The number of pyridine rings is 3. The Morgan fingerprint density at radius 3 is 2.60 bits per heavy atom. The zero-order valence-electron chi connectivity index (χ0n) is 18.4. The summed E-state index contributed by atoms with van der Waals surface area (Å²) in [5.41, 5.74) is 1.38. The molecule has 1 aliphatic heterocycles. The third kappa shape index (κ3) is 3.81. The van der Waals surface area contributed by atoms with Crippen molar-refractivity contribution in [2.75, 3.05) is 11.1 Å². The minimum Gasteiger partial charge on any atom is -0.324 e. The predicted molar refractivity (Wildman–Crippen MR) is 120 cm³/mol. The molecular weight excluding hydrogens is 485 g/mol. The lowest BCUT2D eigenvalue weighted by Crippen LogP contribution is -2.09. The Kier molecular flexibility index (Phi) is 5.13. The number of halogens is 3. The number of hydrogen-bond acceptors (Lipinski definition) is 7. The molecule has 0 aromatic carbocycles. The molecule has 0 saturated heterocycles. The van der Waals surface area contributed by atoms with Gasteiger partial charge in [0.25, 0.3) is 0 Å². The van der Waals surface area contributed by atoms with Crippen molar-refractivity contribution in [2.24, 2.45) is 7.05 Å².